The lowest BCUT2D eigenvalue weighted by Gasteiger charge is -2.37. The van der Waals surface area contributed by atoms with Crippen molar-refractivity contribution in [1.82, 2.24) is 14.8 Å². The van der Waals surface area contributed by atoms with Crippen molar-refractivity contribution in [2.24, 2.45) is 0 Å². The quantitative estimate of drug-likeness (QED) is 0.543. The Morgan fingerprint density at radius 2 is 2.00 bits per heavy atom. The summed E-state index contributed by atoms with van der Waals surface area (Å²) in [7, 11) is 3.46. The number of nitrogens with zero attached hydrogens (tertiary/aromatic N) is 3. The minimum absolute atomic E-state index is 0.0580. The van der Waals surface area contributed by atoms with E-state index in [0.717, 1.165) is 55.2 Å². The van der Waals surface area contributed by atoms with Gasteiger partial charge in [0, 0.05) is 31.0 Å². The number of aromatic nitrogens is 1. The molecule has 5 nitrogen and oxygen atoms in total. The summed E-state index contributed by atoms with van der Waals surface area (Å²) in [6.45, 7) is 9.52. The number of aryl methyl sites for hydroxylation is 1. The first-order chi connectivity index (χ1) is 15.8. The third kappa shape index (κ3) is 5.48. The van der Waals surface area contributed by atoms with Gasteiger partial charge in [-0.1, -0.05) is 24.2 Å². The highest BCUT2D eigenvalue weighted by molar-refractivity contribution is 6.30. The number of rotatable bonds is 5. The van der Waals surface area contributed by atoms with E-state index in [-0.39, 0.29) is 12.0 Å². The molecule has 0 bridgehead atoms. The summed E-state index contributed by atoms with van der Waals surface area (Å²) in [6, 6.07) is 9.98. The summed E-state index contributed by atoms with van der Waals surface area (Å²) in [5, 5.41) is 0.834. The lowest BCUT2D eigenvalue weighted by molar-refractivity contribution is 0.0600. The molecular formula is C27H32ClN3O2. The lowest BCUT2D eigenvalue weighted by atomic mass is 9.88. The van der Waals surface area contributed by atoms with E-state index in [1.165, 1.54) is 23.8 Å². The van der Waals surface area contributed by atoms with Crippen LogP contribution in [0.15, 0.2) is 60.5 Å². The van der Waals surface area contributed by atoms with Gasteiger partial charge in [-0.2, -0.15) is 0 Å². The molecule has 0 radical (unpaired) electrons. The van der Waals surface area contributed by atoms with Crippen LogP contribution in [0.2, 0.25) is 5.02 Å². The second-order valence-corrected chi connectivity index (χ2v) is 9.65. The van der Waals surface area contributed by atoms with Crippen LogP contribution >= 0.6 is 11.6 Å². The number of ether oxygens (including phenoxy) is 1. The fourth-order valence-corrected chi connectivity index (χ4v) is 5.24. The molecule has 1 fully saturated rings. The van der Waals surface area contributed by atoms with E-state index in [4.69, 9.17) is 16.3 Å². The van der Waals surface area contributed by atoms with E-state index in [1.807, 2.05) is 12.1 Å². The highest BCUT2D eigenvalue weighted by atomic mass is 35.5. The summed E-state index contributed by atoms with van der Waals surface area (Å²) in [5.41, 5.74) is 6.38. The van der Waals surface area contributed by atoms with Gasteiger partial charge in [-0.3, -0.25) is 9.88 Å². The number of methoxy groups -OCH3 is 1. The van der Waals surface area contributed by atoms with Crippen LogP contribution in [-0.4, -0.2) is 54.5 Å². The van der Waals surface area contributed by atoms with Gasteiger partial charge in [0.2, 0.25) is 0 Å². The predicted octanol–water partition coefficient (Wildman–Crippen LogP) is 5.53. The molecule has 1 aromatic heterocycles. The number of likely N-dealkylation sites (tertiary alicyclic amines) is 1. The Bertz CT molecular complexity index is 1050. The molecule has 6 heteroatoms. The normalized spacial score (nSPS) is 20.0. The predicted molar refractivity (Wildman–Crippen MR) is 133 cm³/mol. The molecule has 0 amide bonds. The van der Waals surface area contributed by atoms with Crippen molar-refractivity contribution in [3.63, 3.8) is 0 Å². The Hall–Kier alpha value is -2.63. The van der Waals surface area contributed by atoms with Crippen LogP contribution in [0, 0.1) is 6.92 Å². The van der Waals surface area contributed by atoms with Crippen LogP contribution in [0.1, 0.15) is 58.4 Å². The number of carbonyl (C=O) groups excluding carboxylic acids is 1. The first-order valence-corrected chi connectivity index (χ1v) is 11.9. The van der Waals surface area contributed by atoms with Gasteiger partial charge in [-0.05, 0) is 91.7 Å². The molecule has 1 saturated heterocycles. The van der Waals surface area contributed by atoms with Crippen LogP contribution in [0.3, 0.4) is 0 Å². The molecular weight excluding hydrogens is 434 g/mol. The number of pyridine rings is 1. The highest BCUT2D eigenvalue weighted by Crippen LogP contribution is 2.35. The lowest BCUT2D eigenvalue weighted by Crippen LogP contribution is -2.36. The Balaban J connectivity index is 1.39. The molecule has 1 aromatic carbocycles. The van der Waals surface area contributed by atoms with Gasteiger partial charge in [0.25, 0.3) is 0 Å². The first-order valence-electron chi connectivity index (χ1n) is 11.5. The van der Waals surface area contributed by atoms with E-state index >= 15 is 0 Å². The monoisotopic (exact) mass is 465 g/mol. The molecule has 3 heterocycles. The fourth-order valence-electron chi connectivity index (χ4n) is 4.94. The number of carbonyl (C=O) groups is 1. The second kappa shape index (κ2) is 10.1. The van der Waals surface area contributed by atoms with Gasteiger partial charge in [0.15, 0.2) is 0 Å². The summed E-state index contributed by atoms with van der Waals surface area (Å²) in [6.07, 6.45) is 6.93. The maximum atomic E-state index is 11.9. The minimum Gasteiger partial charge on any atom is -0.465 e. The zero-order valence-electron chi connectivity index (χ0n) is 19.7. The van der Waals surface area contributed by atoms with Gasteiger partial charge in [0.05, 0.1) is 24.4 Å². The number of halogens is 1. The standard InChI is InChI=1S/C27H32ClN3O2/c1-18-11-22(14-24(28)12-18)20-6-9-31(10-7-20)17-23-16-30(3)26(13-19(23)2)25-15-21(5-8-29-25)27(32)33-4/h5,8,11-12,14-16,20,26H,2,6-7,9-10,13,17H2,1,3-4H3. The molecule has 33 heavy (non-hydrogen) atoms. The summed E-state index contributed by atoms with van der Waals surface area (Å²) in [4.78, 5) is 21.1. The van der Waals surface area contributed by atoms with Crippen molar-refractivity contribution in [3.8, 4) is 0 Å². The second-order valence-electron chi connectivity index (χ2n) is 9.22. The molecule has 0 N–H and O–H groups in total. The number of esters is 1. The van der Waals surface area contributed by atoms with Gasteiger partial charge in [0.1, 0.15) is 0 Å². The Labute approximate surface area is 201 Å². The largest absolute Gasteiger partial charge is 0.465 e. The number of hydrogen-bond acceptors (Lipinski definition) is 5. The fraction of sp³-hybridized carbons (Fsp3) is 0.407. The van der Waals surface area contributed by atoms with Crippen LogP contribution in [-0.2, 0) is 4.74 Å². The maximum absolute atomic E-state index is 11.9. The highest BCUT2D eigenvalue weighted by Gasteiger charge is 2.27. The van der Waals surface area contributed by atoms with Crippen molar-refractivity contribution >= 4 is 17.6 Å². The summed E-state index contributed by atoms with van der Waals surface area (Å²) in [5.74, 6) is 0.228. The average Bonchev–Trinajstić information content (AvgIpc) is 2.80. The molecule has 174 valence electrons. The van der Waals surface area contributed by atoms with Crippen LogP contribution in [0.4, 0.5) is 0 Å². The van der Waals surface area contributed by atoms with Gasteiger partial charge in [-0.25, -0.2) is 4.79 Å². The van der Waals surface area contributed by atoms with Crippen molar-refractivity contribution in [3.05, 3.63) is 87.9 Å². The molecule has 2 aliphatic heterocycles. The summed E-state index contributed by atoms with van der Waals surface area (Å²) < 4.78 is 4.85. The van der Waals surface area contributed by atoms with E-state index in [1.54, 1.807) is 12.3 Å². The zero-order chi connectivity index (χ0) is 23.5. The number of benzene rings is 1. The smallest absolute Gasteiger partial charge is 0.337 e. The third-order valence-electron chi connectivity index (χ3n) is 6.81. The molecule has 1 unspecified atom stereocenters. The van der Waals surface area contributed by atoms with E-state index in [2.05, 4.69) is 53.7 Å². The van der Waals surface area contributed by atoms with Crippen molar-refractivity contribution in [2.75, 3.05) is 33.8 Å². The molecule has 0 aliphatic carbocycles. The average molecular weight is 466 g/mol. The van der Waals surface area contributed by atoms with Crippen LogP contribution < -0.4 is 0 Å². The molecule has 2 aliphatic rings. The van der Waals surface area contributed by atoms with Gasteiger partial charge in [-0.15, -0.1) is 0 Å². The van der Waals surface area contributed by atoms with Crippen molar-refractivity contribution < 1.29 is 9.53 Å². The zero-order valence-corrected chi connectivity index (χ0v) is 20.4. The SMILES string of the molecule is C=C1CC(c2cc(C(=O)OC)ccn2)N(C)C=C1CN1CCC(c2cc(C)cc(Cl)c2)CC1. The van der Waals surface area contributed by atoms with Crippen LogP contribution in [0.5, 0.6) is 0 Å². The Morgan fingerprint density at radius 1 is 1.24 bits per heavy atom. The van der Waals surface area contributed by atoms with Gasteiger partial charge >= 0.3 is 5.97 Å². The van der Waals surface area contributed by atoms with Crippen molar-refractivity contribution in [2.45, 2.75) is 38.1 Å². The van der Waals surface area contributed by atoms with Crippen molar-refractivity contribution in [1.29, 1.82) is 0 Å². The van der Waals surface area contributed by atoms with E-state index < -0.39 is 0 Å². The minimum atomic E-state index is -0.344. The van der Waals surface area contributed by atoms with Gasteiger partial charge < -0.3 is 9.64 Å². The molecule has 2 aromatic rings. The number of hydrogen-bond donors (Lipinski definition) is 0. The summed E-state index contributed by atoms with van der Waals surface area (Å²) >= 11 is 6.28. The topological polar surface area (TPSA) is 45.7 Å². The Kier molecular flexibility index (Phi) is 7.20. The first kappa shape index (κ1) is 23.5. The van der Waals surface area contributed by atoms with Crippen LogP contribution in [0.25, 0.3) is 0 Å². The third-order valence-corrected chi connectivity index (χ3v) is 7.02. The van der Waals surface area contributed by atoms with E-state index in [0.29, 0.717) is 11.5 Å². The molecule has 0 saturated carbocycles. The number of piperidine rings is 1. The molecule has 4 rings (SSSR count). The molecule has 0 spiro atoms. The van der Waals surface area contributed by atoms with E-state index in [9.17, 15) is 4.79 Å². The Morgan fingerprint density at radius 3 is 2.70 bits per heavy atom. The maximum Gasteiger partial charge on any atom is 0.337 e. The molecule has 1 atom stereocenters.